The highest BCUT2D eigenvalue weighted by Gasteiger charge is 2.42. The molecule has 88 valence electrons. The van der Waals surface area contributed by atoms with Crippen molar-refractivity contribution in [3.8, 4) is 0 Å². The SMILES string of the molecule is CC1=CC(=O)C[C@@H](C)C12C=C(C(C)C)CC2. The number of carbonyl (C=O) groups excluding carboxylic acids is 1. The number of rotatable bonds is 1. The van der Waals surface area contributed by atoms with Crippen LogP contribution < -0.4 is 0 Å². The molecule has 1 spiro atoms. The Kier molecular flexibility index (Phi) is 2.81. The zero-order valence-electron chi connectivity index (χ0n) is 10.8. The topological polar surface area (TPSA) is 17.1 Å². The van der Waals surface area contributed by atoms with Crippen LogP contribution in [0.1, 0.15) is 47.0 Å². The molecule has 2 aliphatic carbocycles. The Morgan fingerprint density at radius 2 is 2.12 bits per heavy atom. The highest BCUT2D eigenvalue weighted by molar-refractivity contribution is 5.92. The van der Waals surface area contributed by atoms with Gasteiger partial charge in [-0.1, -0.05) is 38.0 Å². The lowest BCUT2D eigenvalue weighted by Crippen LogP contribution is -2.31. The second kappa shape index (κ2) is 3.87. The summed E-state index contributed by atoms with van der Waals surface area (Å²) < 4.78 is 0. The van der Waals surface area contributed by atoms with Crippen molar-refractivity contribution in [1.29, 1.82) is 0 Å². The quantitative estimate of drug-likeness (QED) is 0.610. The minimum absolute atomic E-state index is 0.202. The lowest BCUT2D eigenvalue weighted by atomic mass is 9.66. The van der Waals surface area contributed by atoms with E-state index in [4.69, 9.17) is 0 Å². The first-order chi connectivity index (χ1) is 7.45. The molecule has 0 amide bonds. The van der Waals surface area contributed by atoms with E-state index in [-0.39, 0.29) is 5.41 Å². The molecular formula is C15H22O. The second-order valence-electron chi connectivity index (χ2n) is 5.81. The van der Waals surface area contributed by atoms with Crippen LogP contribution in [0.4, 0.5) is 0 Å². The van der Waals surface area contributed by atoms with Crippen molar-refractivity contribution < 1.29 is 4.79 Å². The van der Waals surface area contributed by atoms with Crippen LogP contribution in [-0.4, -0.2) is 5.78 Å². The number of hydrogen-bond acceptors (Lipinski definition) is 1. The molecule has 0 fully saturated rings. The van der Waals surface area contributed by atoms with Crippen LogP contribution >= 0.6 is 0 Å². The highest BCUT2D eigenvalue weighted by atomic mass is 16.1. The van der Waals surface area contributed by atoms with Crippen molar-refractivity contribution in [2.24, 2.45) is 17.3 Å². The summed E-state index contributed by atoms with van der Waals surface area (Å²) in [6, 6.07) is 0. The first-order valence-corrected chi connectivity index (χ1v) is 6.39. The van der Waals surface area contributed by atoms with E-state index in [9.17, 15) is 4.79 Å². The Labute approximate surface area is 98.6 Å². The Balaban J connectivity index is 2.39. The summed E-state index contributed by atoms with van der Waals surface area (Å²) in [7, 11) is 0. The van der Waals surface area contributed by atoms with Gasteiger partial charge in [-0.15, -0.1) is 0 Å². The van der Waals surface area contributed by atoms with Gasteiger partial charge in [0.25, 0.3) is 0 Å². The van der Waals surface area contributed by atoms with Crippen LogP contribution in [0.2, 0.25) is 0 Å². The summed E-state index contributed by atoms with van der Waals surface area (Å²) in [5.41, 5.74) is 3.06. The van der Waals surface area contributed by atoms with E-state index in [1.54, 1.807) is 5.57 Å². The molecule has 0 saturated carbocycles. The lowest BCUT2D eigenvalue weighted by Gasteiger charge is -2.38. The van der Waals surface area contributed by atoms with Crippen molar-refractivity contribution in [3.05, 3.63) is 23.3 Å². The van der Waals surface area contributed by atoms with Gasteiger partial charge in [0.1, 0.15) is 0 Å². The van der Waals surface area contributed by atoms with Crippen LogP contribution in [0.25, 0.3) is 0 Å². The standard InChI is InChI=1S/C15H22O/c1-10(2)13-5-6-15(9-13)11(3)7-14(16)8-12(15)4/h7,9-10,12H,5-6,8H2,1-4H3/t12-,15?/m1/s1. The van der Waals surface area contributed by atoms with E-state index in [1.165, 1.54) is 18.4 Å². The largest absolute Gasteiger partial charge is 0.295 e. The first kappa shape index (κ1) is 11.6. The predicted octanol–water partition coefficient (Wildman–Crippen LogP) is 3.90. The smallest absolute Gasteiger partial charge is 0.155 e. The van der Waals surface area contributed by atoms with Crippen LogP contribution in [-0.2, 0) is 4.79 Å². The van der Waals surface area contributed by atoms with Crippen molar-refractivity contribution in [3.63, 3.8) is 0 Å². The zero-order chi connectivity index (χ0) is 11.9. The normalized spacial score (nSPS) is 34.6. The molecule has 1 nitrogen and oxygen atoms in total. The number of hydrogen-bond donors (Lipinski definition) is 0. The monoisotopic (exact) mass is 218 g/mol. The van der Waals surface area contributed by atoms with Gasteiger partial charge in [-0.2, -0.15) is 0 Å². The summed E-state index contributed by atoms with van der Waals surface area (Å²) >= 11 is 0. The molecule has 0 aromatic heterocycles. The number of ketones is 1. The van der Waals surface area contributed by atoms with Crippen LogP contribution in [0.15, 0.2) is 23.3 Å². The number of allylic oxidation sites excluding steroid dienone is 4. The Bertz CT molecular complexity index is 373. The molecule has 2 aliphatic rings. The molecule has 0 heterocycles. The van der Waals surface area contributed by atoms with E-state index in [0.29, 0.717) is 17.6 Å². The fourth-order valence-corrected chi connectivity index (χ4v) is 3.29. The summed E-state index contributed by atoms with van der Waals surface area (Å²) in [6.07, 6.45) is 7.48. The predicted molar refractivity (Wildman–Crippen MR) is 67.1 cm³/mol. The third-order valence-corrected chi connectivity index (χ3v) is 4.51. The van der Waals surface area contributed by atoms with Gasteiger partial charge >= 0.3 is 0 Å². The third-order valence-electron chi connectivity index (χ3n) is 4.51. The third kappa shape index (κ3) is 1.66. The summed E-state index contributed by atoms with van der Waals surface area (Å²) in [5, 5.41) is 0. The Hall–Kier alpha value is -0.850. The maximum Gasteiger partial charge on any atom is 0.155 e. The summed E-state index contributed by atoms with van der Waals surface area (Å²) in [5.74, 6) is 1.43. The average molecular weight is 218 g/mol. The van der Waals surface area contributed by atoms with E-state index in [0.717, 1.165) is 6.42 Å². The lowest BCUT2D eigenvalue weighted by molar-refractivity contribution is -0.116. The van der Waals surface area contributed by atoms with Gasteiger partial charge in [0.2, 0.25) is 0 Å². The minimum atomic E-state index is 0.202. The van der Waals surface area contributed by atoms with Gasteiger partial charge in [0, 0.05) is 11.8 Å². The zero-order valence-corrected chi connectivity index (χ0v) is 10.8. The fraction of sp³-hybridized carbons (Fsp3) is 0.667. The van der Waals surface area contributed by atoms with Crippen molar-refractivity contribution >= 4 is 5.78 Å². The van der Waals surface area contributed by atoms with Crippen molar-refractivity contribution in [1.82, 2.24) is 0 Å². The van der Waals surface area contributed by atoms with E-state index < -0.39 is 0 Å². The van der Waals surface area contributed by atoms with E-state index in [2.05, 4.69) is 33.8 Å². The minimum Gasteiger partial charge on any atom is -0.295 e. The Morgan fingerprint density at radius 1 is 1.44 bits per heavy atom. The molecule has 16 heavy (non-hydrogen) atoms. The first-order valence-electron chi connectivity index (χ1n) is 6.39. The van der Waals surface area contributed by atoms with Gasteiger partial charge in [-0.3, -0.25) is 4.79 Å². The maximum absolute atomic E-state index is 11.5. The summed E-state index contributed by atoms with van der Waals surface area (Å²) in [4.78, 5) is 11.5. The fourth-order valence-electron chi connectivity index (χ4n) is 3.29. The molecule has 0 aromatic rings. The Morgan fingerprint density at radius 3 is 2.62 bits per heavy atom. The molecule has 0 saturated heterocycles. The molecule has 0 radical (unpaired) electrons. The van der Waals surface area contributed by atoms with Crippen LogP contribution in [0, 0.1) is 17.3 Å². The second-order valence-corrected chi connectivity index (χ2v) is 5.81. The van der Waals surface area contributed by atoms with Crippen molar-refractivity contribution in [2.75, 3.05) is 0 Å². The molecule has 0 bridgehead atoms. The van der Waals surface area contributed by atoms with Gasteiger partial charge in [-0.05, 0) is 37.7 Å². The molecule has 1 heteroatoms. The molecule has 0 aliphatic heterocycles. The average Bonchev–Trinajstić information content (AvgIpc) is 2.60. The van der Waals surface area contributed by atoms with E-state index in [1.807, 2.05) is 6.08 Å². The van der Waals surface area contributed by atoms with E-state index >= 15 is 0 Å². The van der Waals surface area contributed by atoms with Gasteiger partial charge in [0.15, 0.2) is 5.78 Å². The van der Waals surface area contributed by atoms with Crippen LogP contribution in [0.3, 0.4) is 0 Å². The molecule has 0 N–H and O–H groups in total. The molecule has 2 atom stereocenters. The van der Waals surface area contributed by atoms with Gasteiger partial charge in [-0.25, -0.2) is 0 Å². The molecule has 0 aromatic carbocycles. The highest BCUT2D eigenvalue weighted by Crippen LogP contribution is 2.52. The maximum atomic E-state index is 11.5. The number of carbonyl (C=O) groups is 1. The van der Waals surface area contributed by atoms with Gasteiger partial charge in [0.05, 0.1) is 0 Å². The van der Waals surface area contributed by atoms with Crippen molar-refractivity contribution in [2.45, 2.75) is 47.0 Å². The molecular weight excluding hydrogens is 196 g/mol. The van der Waals surface area contributed by atoms with Gasteiger partial charge < -0.3 is 0 Å². The molecule has 2 rings (SSSR count). The molecule has 1 unspecified atom stereocenters. The van der Waals surface area contributed by atoms with Crippen LogP contribution in [0.5, 0.6) is 0 Å². The summed E-state index contributed by atoms with van der Waals surface area (Å²) in [6.45, 7) is 8.90.